The maximum absolute atomic E-state index is 7.59. The van der Waals surface area contributed by atoms with Gasteiger partial charge in [-0.3, -0.25) is 0 Å². The number of aromatic nitrogens is 2. The molecule has 1 N–H and O–H groups in total. The highest BCUT2D eigenvalue weighted by Crippen LogP contribution is 2.11. The van der Waals surface area contributed by atoms with Gasteiger partial charge in [-0.15, -0.1) is 0 Å². The standard InChI is InChI=1S/C9H8N2/c1-2-4-8(5-3-1)9-10-6-7-11-9/h1-7H,(H,10,11)/i4D. The molecule has 0 atom stereocenters. The van der Waals surface area contributed by atoms with E-state index in [0.717, 1.165) is 11.4 Å². The zero-order valence-corrected chi connectivity index (χ0v) is 5.91. The molecule has 0 saturated carbocycles. The molecule has 1 heterocycles. The van der Waals surface area contributed by atoms with E-state index in [1.54, 1.807) is 18.5 Å². The molecule has 0 fully saturated rings. The average Bonchev–Trinajstić information content (AvgIpc) is 2.57. The van der Waals surface area contributed by atoms with Crippen molar-refractivity contribution in [3.8, 4) is 11.4 Å². The molecule has 2 aromatic rings. The topological polar surface area (TPSA) is 28.7 Å². The summed E-state index contributed by atoms with van der Waals surface area (Å²) in [5.41, 5.74) is 0.836. The van der Waals surface area contributed by atoms with Crippen LogP contribution in [-0.4, -0.2) is 9.97 Å². The number of aromatic amines is 1. The molecule has 0 aliphatic carbocycles. The number of nitrogens with zero attached hydrogens (tertiary/aromatic N) is 1. The Morgan fingerprint density at radius 2 is 2.36 bits per heavy atom. The first-order valence-electron chi connectivity index (χ1n) is 3.93. The first-order chi connectivity index (χ1) is 5.88. The van der Waals surface area contributed by atoms with Gasteiger partial charge < -0.3 is 4.98 Å². The first-order valence-corrected chi connectivity index (χ1v) is 3.43. The number of imidazole rings is 1. The van der Waals surface area contributed by atoms with Crippen LogP contribution in [0.4, 0.5) is 0 Å². The zero-order chi connectivity index (χ0) is 8.39. The Morgan fingerprint density at radius 3 is 3.09 bits per heavy atom. The van der Waals surface area contributed by atoms with Crippen molar-refractivity contribution in [2.24, 2.45) is 0 Å². The SMILES string of the molecule is [2H]c1ccccc1-c1ncc[nH]1. The number of hydrogen-bond donors (Lipinski definition) is 1. The molecule has 2 heteroatoms. The molecule has 0 unspecified atom stereocenters. The van der Waals surface area contributed by atoms with Crippen LogP contribution in [0.5, 0.6) is 0 Å². The summed E-state index contributed by atoms with van der Waals surface area (Å²) in [5, 5.41) is 0. The van der Waals surface area contributed by atoms with Gasteiger partial charge in [-0.1, -0.05) is 30.3 Å². The van der Waals surface area contributed by atoms with Crippen molar-refractivity contribution in [2.45, 2.75) is 0 Å². The smallest absolute Gasteiger partial charge is 0.137 e. The Bertz CT molecular complexity index is 368. The minimum Gasteiger partial charge on any atom is -0.345 e. The lowest BCUT2D eigenvalue weighted by Crippen LogP contribution is -1.77. The van der Waals surface area contributed by atoms with Crippen LogP contribution < -0.4 is 0 Å². The third-order valence-electron chi connectivity index (χ3n) is 1.46. The normalized spacial score (nSPS) is 11.1. The Balaban J connectivity index is 2.55. The Hall–Kier alpha value is -1.57. The second kappa shape index (κ2) is 2.58. The van der Waals surface area contributed by atoms with Crippen LogP contribution in [0.3, 0.4) is 0 Å². The van der Waals surface area contributed by atoms with Gasteiger partial charge in [-0.25, -0.2) is 4.98 Å². The number of nitrogens with one attached hydrogen (secondary N) is 1. The maximum Gasteiger partial charge on any atom is 0.137 e. The van der Waals surface area contributed by atoms with Crippen LogP contribution in [0, 0.1) is 0 Å². The van der Waals surface area contributed by atoms with E-state index >= 15 is 0 Å². The molecule has 0 bridgehead atoms. The number of rotatable bonds is 1. The molecule has 2 nitrogen and oxygen atoms in total. The van der Waals surface area contributed by atoms with Gasteiger partial charge in [0.15, 0.2) is 0 Å². The van der Waals surface area contributed by atoms with Crippen LogP contribution in [0.2, 0.25) is 0 Å². The van der Waals surface area contributed by atoms with Crippen LogP contribution in [0.25, 0.3) is 11.4 Å². The van der Waals surface area contributed by atoms with Crippen molar-refractivity contribution in [3.05, 3.63) is 42.7 Å². The summed E-state index contributed by atoms with van der Waals surface area (Å²) < 4.78 is 7.59. The molecule has 1 aromatic carbocycles. The fraction of sp³-hybridized carbons (Fsp3) is 0. The number of H-pyrrole nitrogens is 1. The van der Waals surface area contributed by atoms with E-state index in [2.05, 4.69) is 9.97 Å². The summed E-state index contributed by atoms with van der Waals surface area (Å²) in [4.78, 5) is 7.03. The Kier molecular flexibility index (Phi) is 1.20. The fourth-order valence-corrected chi connectivity index (χ4v) is 0.953. The van der Waals surface area contributed by atoms with Crippen LogP contribution in [0.1, 0.15) is 1.37 Å². The highest BCUT2D eigenvalue weighted by atomic mass is 14.9. The van der Waals surface area contributed by atoms with Gasteiger partial charge in [0.25, 0.3) is 0 Å². The van der Waals surface area contributed by atoms with Gasteiger partial charge in [-0.05, 0) is 0 Å². The van der Waals surface area contributed by atoms with Crippen molar-refractivity contribution < 1.29 is 1.37 Å². The first kappa shape index (κ1) is 5.13. The van der Waals surface area contributed by atoms with Gasteiger partial charge in [0.2, 0.25) is 0 Å². The lowest BCUT2D eigenvalue weighted by molar-refractivity contribution is 1.31. The molecule has 2 rings (SSSR count). The van der Waals surface area contributed by atoms with E-state index in [9.17, 15) is 0 Å². The third-order valence-corrected chi connectivity index (χ3v) is 1.46. The minimum absolute atomic E-state index is 0.493. The molecule has 54 valence electrons. The van der Waals surface area contributed by atoms with Crippen molar-refractivity contribution in [1.29, 1.82) is 0 Å². The van der Waals surface area contributed by atoms with E-state index in [0.29, 0.717) is 6.04 Å². The van der Waals surface area contributed by atoms with E-state index in [-0.39, 0.29) is 0 Å². The van der Waals surface area contributed by atoms with E-state index in [1.807, 2.05) is 18.2 Å². The summed E-state index contributed by atoms with van der Waals surface area (Å²) in [6.07, 6.45) is 3.43. The molecule has 0 aliphatic heterocycles. The lowest BCUT2D eigenvalue weighted by atomic mass is 10.2. The van der Waals surface area contributed by atoms with Gasteiger partial charge in [0.1, 0.15) is 5.82 Å². The molecule has 0 saturated heterocycles. The van der Waals surface area contributed by atoms with E-state index < -0.39 is 0 Å². The fourth-order valence-electron chi connectivity index (χ4n) is 0.953. The van der Waals surface area contributed by atoms with Gasteiger partial charge >= 0.3 is 0 Å². The van der Waals surface area contributed by atoms with Crippen molar-refractivity contribution in [1.82, 2.24) is 9.97 Å². The average molecular weight is 145 g/mol. The van der Waals surface area contributed by atoms with Gasteiger partial charge in [0.05, 0.1) is 1.37 Å². The lowest BCUT2D eigenvalue weighted by Gasteiger charge is -1.92. The zero-order valence-electron chi connectivity index (χ0n) is 6.91. The third kappa shape index (κ3) is 1.15. The largest absolute Gasteiger partial charge is 0.345 e. The molecule has 0 amide bonds. The predicted molar refractivity (Wildman–Crippen MR) is 44.0 cm³/mol. The number of hydrogen-bond acceptors (Lipinski definition) is 1. The highest BCUT2D eigenvalue weighted by Gasteiger charge is 1.94. The summed E-state index contributed by atoms with van der Waals surface area (Å²) >= 11 is 0. The van der Waals surface area contributed by atoms with Gasteiger partial charge in [0, 0.05) is 18.0 Å². The van der Waals surface area contributed by atoms with Crippen molar-refractivity contribution >= 4 is 0 Å². The van der Waals surface area contributed by atoms with Crippen LogP contribution in [0.15, 0.2) is 42.7 Å². The van der Waals surface area contributed by atoms with Crippen LogP contribution in [-0.2, 0) is 0 Å². The quantitative estimate of drug-likeness (QED) is 0.653. The summed E-state index contributed by atoms with van der Waals surface area (Å²) in [6, 6.07) is 7.86. The second-order valence-electron chi connectivity index (χ2n) is 2.21. The molecular weight excluding hydrogens is 136 g/mol. The Morgan fingerprint density at radius 1 is 1.36 bits per heavy atom. The molecule has 0 spiro atoms. The summed E-state index contributed by atoms with van der Waals surface area (Å²) in [5.74, 6) is 0.751. The molecular formula is C9H8N2. The van der Waals surface area contributed by atoms with Gasteiger partial charge in [-0.2, -0.15) is 0 Å². The Labute approximate surface area is 66.3 Å². The molecule has 1 aromatic heterocycles. The predicted octanol–water partition coefficient (Wildman–Crippen LogP) is 2.08. The monoisotopic (exact) mass is 145 g/mol. The summed E-state index contributed by atoms with van der Waals surface area (Å²) in [7, 11) is 0. The second-order valence-corrected chi connectivity index (χ2v) is 2.21. The highest BCUT2D eigenvalue weighted by molar-refractivity contribution is 5.53. The number of benzene rings is 1. The maximum atomic E-state index is 7.59. The summed E-state index contributed by atoms with van der Waals surface area (Å²) in [6.45, 7) is 0. The molecule has 0 radical (unpaired) electrons. The molecule has 0 aliphatic rings. The van der Waals surface area contributed by atoms with Crippen molar-refractivity contribution in [3.63, 3.8) is 0 Å². The van der Waals surface area contributed by atoms with E-state index in [1.165, 1.54) is 0 Å². The van der Waals surface area contributed by atoms with Crippen molar-refractivity contribution in [2.75, 3.05) is 0 Å². The molecule has 11 heavy (non-hydrogen) atoms. The van der Waals surface area contributed by atoms with E-state index in [4.69, 9.17) is 1.37 Å². The van der Waals surface area contributed by atoms with Crippen LogP contribution >= 0.6 is 0 Å². The minimum atomic E-state index is 0.493.